The Labute approximate surface area is 142 Å². The summed E-state index contributed by atoms with van der Waals surface area (Å²) in [4.78, 5) is 22.4. The first-order chi connectivity index (χ1) is 11.6. The molecule has 0 aliphatic heterocycles. The number of para-hydroxylation sites is 1. The highest BCUT2D eigenvalue weighted by atomic mass is 32.2. The molecule has 0 unspecified atom stereocenters. The monoisotopic (exact) mass is 347 g/mol. The molecule has 0 aromatic heterocycles. The minimum absolute atomic E-state index is 0.0864. The Hall–Kier alpha value is -2.67. The molecular formula is C17H14FNO4S. The standard InChI is InChI=1S/C17H14FNO4S/c18-14-6-2-4-8-16(14)24-12-11-23-17(20)10-9-13-5-1-3-7-15(13)19(21)22/h1-10H,11-12H2/b10-9+. The van der Waals surface area contributed by atoms with Gasteiger partial charge in [0.25, 0.3) is 5.69 Å². The van der Waals surface area contributed by atoms with Crippen molar-refractivity contribution >= 4 is 29.5 Å². The van der Waals surface area contributed by atoms with E-state index in [0.717, 1.165) is 6.08 Å². The maximum atomic E-state index is 13.4. The number of benzene rings is 2. The lowest BCUT2D eigenvalue weighted by molar-refractivity contribution is -0.385. The summed E-state index contributed by atoms with van der Waals surface area (Å²) < 4.78 is 18.4. The highest BCUT2D eigenvalue weighted by molar-refractivity contribution is 7.99. The summed E-state index contributed by atoms with van der Waals surface area (Å²) >= 11 is 1.24. The second-order valence-electron chi connectivity index (χ2n) is 4.60. The van der Waals surface area contributed by atoms with Crippen LogP contribution in [-0.2, 0) is 9.53 Å². The van der Waals surface area contributed by atoms with Gasteiger partial charge in [-0.2, -0.15) is 0 Å². The van der Waals surface area contributed by atoms with E-state index in [1.54, 1.807) is 30.3 Å². The van der Waals surface area contributed by atoms with E-state index in [-0.39, 0.29) is 18.1 Å². The van der Waals surface area contributed by atoms with Gasteiger partial charge in [0, 0.05) is 22.8 Å². The molecule has 0 aliphatic carbocycles. The molecule has 7 heteroatoms. The van der Waals surface area contributed by atoms with Crippen molar-refractivity contribution in [3.63, 3.8) is 0 Å². The molecule has 5 nitrogen and oxygen atoms in total. The number of thioether (sulfide) groups is 1. The van der Waals surface area contributed by atoms with Gasteiger partial charge in [-0.15, -0.1) is 11.8 Å². The van der Waals surface area contributed by atoms with Crippen LogP contribution in [0.3, 0.4) is 0 Å². The number of nitrogens with zero attached hydrogens (tertiary/aromatic N) is 1. The Morgan fingerprint density at radius 1 is 1.21 bits per heavy atom. The van der Waals surface area contributed by atoms with Gasteiger partial charge in [0.2, 0.25) is 0 Å². The Morgan fingerprint density at radius 3 is 2.67 bits per heavy atom. The molecule has 2 aromatic carbocycles. The van der Waals surface area contributed by atoms with Crippen LogP contribution in [0.2, 0.25) is 0 Å². The minimum atomic E-state index is -0.609. The van der Waals surface area contributed by atoms with Gasteiger partial charge in [0.05, 0.1) is 10.5 Å². The molecular weight excluding hydrogens is 333 g/mol. The van der Waals surface area contributed by atoms with E-state index in [4.69, 9.17) is 4.74 Å². The summed E-state index contributed by atoms with van der Waals surface area (Å²) in [5.74, 6) is -0.515. The SMILES string of the molecule is O=C(/C=C/c1ccccc1[N+](=O)[O-])OCCSc1ccccc1F. The van der Waals surface area contributed by atoms with Crippen LogP contribution >= 0.6 is 11.8 Å². The Bertz CT molecular complexity index is 764. The number of ether oxygens (including phenoxy) is 1. The fraction of sp³-hybridized carbons (Fsp3) is 0.118. The number of nitro benzene ring substituents is 1. The lowest BCUT2D eigenvalue weighted by Gasteiger charge is -2.03. The van der Waals surface area contributed by atoms with Crippen molar-refractivity contribution in [1.29, 1.82) is 0 Å². The van der Waals surface area contributed by atoms with E-state index in [1.807, 2.05) is 0 Å². The lowest BCUT2D eigenvalue weighted by atomic mass is 10.1. The number of hydrogen-bond donors (Lipinski definition) is 0. The first-order valence-corrected chi connectivity index (χ1v) is 8.02. The molecule has 0 atom stereocenters. The Morgan fingerprint density at radius 2 is 1.92 bits per heavy atom. The Balaban J connectivity index is 1.81. The number of esters is 1. The molecule has 24 heavy (non-hydrogen) atoms. The number of nitro groups is 1. The van der Waals surface area contributed by atoms with Crippen LogP contribution in [0.1, 0.15) is 5.56 Å². The minimum Gasteiger partial charge on any atom is -0.462 e. The van der Waals surface area contributed by atoms with Crippen LogP contribution in [-0.4, -0.2) is 23.3 Å². The summed E-state index contributed by atoms with van der Waals surface area (Å²) in [6.45, 7) is 0.110. The topological polar surface area (TPSA) is 69.4 Å². The summed E-state index contributed by atoms with van der Waals surface area (Å²) in [7, 11) is 0. The largest absolute Gasteiger partial charge is 0.462 e. The van der Waals surface area contributed by atoms with Crippen molar-refractivity contribution in [3.05, 3.63) is 76.1 Å². The summed E-state index contributed by atoms with van der Waals surface area (Å²) in [6, 6.07) is 12.4. The summed E-state index contributed by atoms with van der Waals surface area (Å²) in [5, 5.41) is 10.9. The van der Waals surface area contributed by atoms with Crippen molar-refractivity contribution in [2.45, 2.75) is 4.90 Å². The van der Waals surface area contributed by atoms with E-state index >= 15 is 0 Å². The molecule has 0 fully saturated rings. The molecule has 0 saturated heterocycles. The second kappa shape index (κ2) is 8.83. The first-order valence-electron chi connectivity index (χ1n) is 7.03. The molecule has 0 spiro atoms. The number of hydrogen-bond acceptors (Lipinski definition) is 5. The highest BCUT2D eigenvalue weighted by Crippen LogP contribution is 2.21. The molecule has 0 heterocycles. The number of carbonyl (C=O) groups is 1. The Kier molecular flexibility index (Phi) is 6.51. The van der Waals surface area contributed by atoms with Gasteiger partial charge in [0.15, 0.2) is 0 Å². The van der Waals surface area contributed by atoms with Crippen LogP contribution in [0.25, 0.3) is 6.08 Å². The number of rotatable bonds is 7. The zero-order chi connectivity index (χ0) is 17.4. The molecule has 0 N–H and O–H groups in total. The van der Waals surface area contributed by atoms with Gasteiger partial charge < -0.3 is 4.74 Å². The molecule has 2 rings (SSSR count). The highest BCUT2D eigenvalue weighted by Gasteiger charge is 2.10. The average Bonchev–Trinajstić information content (AvgIpc) is 2.58. The third-order valence-corrected chi connectivity index (χ3v) is 3.97. The van der Waals surface area contributed by atoms with Gasteiger partial charge in [-0.3, -0.25) is 10.1 Å². The van der Waals surface area contributed by atoms with Crippen LogP contribution in [0.15, 0.2) is 59.5 Å². The van der Waals surface area contributed by atoms with E-state index < -0.39 is 10.9 Å². The molecule has 0 bridgehead atoms. The van der Waals surface area contributed by atoms with Crippen LogP contribution < -0.4 is 0 Å². The average molecular weight is 347 g/mol. The van der Waals surface area contributed by atoms with E-state index in [0.29, 0.717) is 16.2 Å². The fourth-order valence-corrected chi connectivity index (χ4v) is 2.62. The van der Waals surface area contributed by atoms with Crippen molar-refractivity contribution in [2.75, 3.05) is 12.4 Å². The molecule has 0 amide bonds. The molecule has 0 aliphatic rings. The van der Waals surface area contributed by atoms with E-state index in [2.05, 4.69) is 0 Å². The molecule has 2 aromatic rings. The normalized spacial score (nSPS) is 10.7. The van der Waals surface area contributed by atoms with Gasteiger partial charge in [-0.1, -0.05) is 24.3 Å². The molecule has 0 saturated carbocycles. The smallest absolute Gasteiger partial charge is 0.330 e. The van der Waals surface area contributed by atoms with Crippen molar-refractivity contribution in [2.24, 2.45) is 0 Å². The van der Waals surface area contributed by atoms with Gasteiger partial charge in [0.1, 0.15) is 12.4 Å². The fourth-order valence-electron chi connectivity index (χ4n) is 1.86. The van der Waals surface area contributed by atoms with Crippen molar-refractivity contribution < 1.29 is 18.8 Å². The molecule has 124 valence electrons. The maximum absolute atomic E-state index is 13.4. The van der Waals surface area contributed by atoms with Gasteiger partial charge in [-0.05, 0) is 24.3 Å². The summed E-state index contributed by atoms with van der Waals surface area (Å²) in [5.41, 5.74) is 0.233. The first kappa shape index (κ1) is 17.7. The van der Waals surface area contributed by atoms with Crippen LogP contribution in [0.5, 0.6) is 0 Å². The third kappa shape index (κ3) is 5.20. The summed E-state index contributed by atoms with van der Waals surface area (Å²) in [6.07, 6.45) is 2.47. The molecule has 0 radical (unpaired) electrons. The van der Waals surface area contributed by atoms with E-state index in [1.165, 1.54) is 36.0 Å². The third-order valence-electron chi connectivity index (χ3n) is 2.95. The van der Waals surface area contributed by atoms with Gasteiger partial charge in [-0.25, -0.2) is 9.18 Å². The number of carbonyl (C=O) groups excluding carboxylic acids is 1. The predicted molar refractivity (Wildman–Crippen MR) is 90.2 cm³/mol. The van der Waals surface area contributed by atoms with Gasteiger partial charge >= 0.3 is 5.97 Å². The van der Waals surface area contributed by atoms with Crippen LogP contribution in [0.4, 0.5) is 10.1 Å². The lowest BCUT2D eigenvalue weighted by Crippen LogP contribution is -2.04. The van der Waals surface area contributed by atoms with E-state index in [9.17, 15) is 19.3 Å². The quantitative estimate of drug-likeness (QED) is 0.188. The predicted octanol–water partition coefficient (Wildman–Crippen LogP) is 4.08. The van der Waals surface area contributed by atoms with Crippen molar-refractivity contribution in [1.82, 2.24) is 0 Å². The van der Waals surface area contributed by atoms with Crippen LogP contribution in [0, 0.1) is 15.9 Å². The zero-order valence-electron chi connectivity index (χ0n) is 12.6. The second-order valence-corrected chi connectivity index (χ2v) is 5.73. The number of halogens is 1. The maximum Gasteiger partial charge on any atom is 0.330 e. The van der Waals surface area contributed by atoms with Crippen molar-refractivity contribution in [3.8, 4) is 0 Å². The zero-order valence-corrected chi connectivity index (χ0v) is 13.4.